The van der Waals surface area contributed by atoms with Gasteiger partial charge >= 0.3 is 0 Å². The summed E-state index contributed by atoms with van der Waals surface area (Å²) in [5.41, 5.74) is 5.31. The molecular formula is C13H16F2N4. The molecule has 0 bridgehead atoms. The molecule has 0 saturated carbocycles. The fourth-order valence-corrected chi connectivity index (χ4v) is 2.27. The van der Waals surface area contributed by atoms with Crippen LogP contribution in [0.5, 0.6) is 0 Å². The molecule has 2 aromatic rings. The zero-order valence-corrected chi connectivity index (χ0v) is 11.0. The maximum Gasteiger partial charge on any atom is 0.131 e. The average Bonchev–Trinajstić information content (AvgIpc) is 2.59. The fourth-order valence-electron chi connectivity index (χ4n) is 2.27. The monoisotopic (exact) mass is 266 g/mol. The van der Waals surface area contributed by atoms with Gasteiger partial charge in [0.05, 0.1) is 11.7 Å². The molecule has 1 aromatic heterocycles. The molecule has 0 aliphatic heterocycles. The molecule has 19 heavy (non-hydrogen) atoms. The van der Waals surface area contributed by atoms with Gasteiger partial charge in [-0.15, -0.1) is 0 Å². The number of hydrazine groups is 1. The molecule has 0 aliphatic carbocycles. The van der Waals surface area contributed by atoms with Crippen LogP contribution < -0.4 is 11.3 Å². The highest BCUT2D eigenvalue weighted by molar-refractivity contribution is 5.37. The lowest BCUT2D eigenvalue weighted by Crippen LogP contribution is -2.30. The number of nitrogens with two attached hydrogens (primary N) is 1. The lowest BCUT2D eigenvalue weighted by Gasteiger charge is -2.18. The Labute approximate surface area is 110 Å². The topological polar surface area (TPSA) is 55.9 Å². The van der Waals surface area contributed by atoms with Crippen molar-refractivity contribution < 1.29 is 8.78 Å². The van der Waals surface area contributed by atoms with Crippen LogP contribution in [0.15, 0.2) is 18.2 Å². The number of hydrogen-bond donors (Lipinski definition) is 2. The van der Waals surface area contributed by atoms with E-state index in [4.69, 9.17) is 5.84 Å². The predicted molar refractivity (Wildman–Crippen MR) is 68.2 cm³/mol. The summed E-state index contributed by atoms with van der Waals surface area (Å²) < 4.78 is 28.6. The molecule has 0 radical (unpaired) electrons. The number of rotatable bonds is 3. The maximum atomic E-state index is 13.9. The molecule has 0 fully saturated rings. The van der Waals surface area contributed by atoms with E-state index in [9.17, 15) is 8.78 Å². The number of aryl methyl sites for hydroxylation is 2. The first-order chi connectivity index (χ1) is 8.95. The van der Waals surface area contributed by atoms with E-state index < -0.39 is 17.7 Å². The minimum Gasteiger partial charge on any atom is -0.272 e. The van der Waals surface area contributed by atoms with Gasteiger partial charge in [-0.05, 0) is 19.9 Å². The van der Waals surface area contributed by atoms with Crippen molar-refractivity contribution in [2.45, 2.75) is 19.9 Å². The van der Waals surface area contributed by atoms with E-state index in [-0.39, 0.29) is 0 Å². The highest BCUT2D eigenvalue weighted by Crippen LogP contribution is 2.28. The van der Waals surface area contributed by atoms with Crippen molar-refractivity contribution in [2.75, 3.05) is 0 Å². The Morgan fingerprint density at radius 3 is 2.47 bits per heavy atom. The SMILES string of the molecule is Cc1nn(C)c(C)c1C(NN)c1ccc(F)cc1F. The van der Waals surface area contributed by atoms with E-state index in [2.05, 4.69) is 10.5 Å². The Balaban J connectivity index is 2.56. The van der Waals surface area contributed by atoms with Crippen LogP contribution in [0.4, 0.5) is 8.78 Å². The second-order valence-electron chi connectivity index (χ2n) is 4.47. The van der Waals surface area contributed by atoms with Gasteiger partial charge in [-0.2, -0.15) is 5.10 Å². The first-order valence-electron chi connectivity index (χ1n) is 5.87. The van der Waals surface area contributed by atoms with Crippen LogP contribution in [0.1, 0.15) is 28.6 Å². The number of benzene rings is 1. The van der Waals surface area contributed by atoms with Crippen LogP contribution in [0.25, 0.3) is 0 Å². The van der Waals surface area contributed by atoms with E-state index in [0.29, 0.717) is 5.56 Å². The standard InChI is InChI=1S/C13H16F2N4/c1-7-12(8(2)19(3)18-7)13(17-16)10-5-4-9(14)6-11(10)15/h4-6,13,17H,16H2,1-3H3. The molecule has 6 heteroatoms. The van der Waals surface area contributed by atoms with Gasteiger partial charge in [0.15, 0.2) is 0 Å². The Bertz CT molecular complexity index is 607. The van der Waals surface area contributed by atoms with Gasteiger partial charge in [-0.3, -0.25) is 10.5 Å². The molecule has 1 atom stereocenters. The molecule has 1 aromatic carbocycles. The van der Waals surface area contributed by atoms with Crippen molar-refractivity contribution in [3.8, 4) is 0 Å². The minimum absolute atomic E-state index is 0.295. The summed E-state index contributed by atoms with van der Waals surface area (Å²) in [4.78, 5) is 0. The number of aromatic nitrogens is 2. The van der Waals surface area contributed by atoms with Crippen molar-refractivity contribution >= 4 is 0 Å². The summed E-state index contributed by atoms with van der Waals surface area (Å²) in [6, 6.07) is 2.89. The highest BCUT2D eigenvalue weighted by Gasteiger charge is 2.23. The summed E-state index contributed by atoms with van der Waals surface area (Å²) in [7, 11) is 1.81. The third kappa shape index (κ3) is 2.36. The fraction of sp³-hybridized carbons (Fsp3) is 0.308. The van der Waals surface area contributed by atoms with E-state index in [1.807, 2.05) is 13.8 Å². The highest BCUT2D eigenvalue weighted by atomic mass is 19.1. The summed E-state index contributed by atoms with van der Waals surface area (Å²) in [5, 5.41) is 4.28. The summed E-state index contributed by atoms with van der Waals surface area (Å²) in [6.07, 6.45) is 0. The lowest BCUT2D eigenvalue weighted by molar-refractivity contribution is 0.539. The van der Waals surface area contributed by atoms with Gasteiger partial charge < -0.3 is 0 Å². The van der Waals surface area contributed by atoms with E-state index >= 15 is 0 Å². The normalized spacial score (nSPS) is 12.7. The predicted octanol–water partition coefficient (Wildman–Crippen LogP) is 1.87. The van der Waals surface area contributed by atoms with E-state index in [0.717, 1.165) is 23.0 Å². The largest absolute Gasteiger partial charge is 0.272 e. The summed E-state index contributed by atoms with van der Waals surface area (Å²) in [5.74, 6) is 4.30. The molecule has 0 amide bonds. The van der Waals surface area contributed by atoms with Gasteiger partial charge in [0.25, 0.3) is 0 Å². The minimum atomic E-state index is -0.634. The van der Waals surface area contributed by atoms with Gasteiger partial charge in [0, 0.05) is 29.9 Å². The average molecular weight is 266 g/mol. The van der Waals surface area contributed by atoms with Gasteiger partial charge in [0.2, 0.25) is 0 Å². The van der Waals surface area contributed by atoms with Crippen molar-refractivity contribution in [1.82, 2.24) is 15.2 Å². The molecular weight excluding hydrogens is 250 g/mol. The Hall–Kier alpha value is -1.79. The Morgan fingerprint density at radius 2 is 2.00 bits per heavy atom. The van der Waals surface area contributed by atoms with Gasteiger partial charge in [0.1, 0.15) is 11.6 Å². The zero-order valence-electron chi connectivity index (χ0n) is 11.0. The van der Waals surface area contributed by atoms with Crippen LogP contribution in [-0.4, -0.2) is 9.78 Å². The second kappa shape index (κ2) is 5.07. The molecule has 1 heterocycles. The Kier molecular flexibility index (Phi) is 3.64. The third-order valence-electron chi connectivity index (χ3n) is 3.29. The smallest absolute Gasteiger partial charge is 0.131 e. The molecule has 3 N–H and O–H groups in total. The summed E-state index contributed by atoms with van der Waals surface area (Å²) >= 11 is 0. The first kappa shape index (κ1) is 13.6. The van der Waals surface area contributed by atoms with Crippen molar-refractivity contribution in [3.05, 3.63) is 52.3 Å². The van der Waals surface area contributed by atoms with Gasteiger partial charge in [-0.1, -0.05) is 6.07 Å². The zero-order chi connectivity index (χ0) is 14.2. The van der Waals surface area contributed by atoms with Crippen molar-refractivity contribution in [1.29, 1.82) is 0 Å². The van der Waals surface area contributed by atoms with E-state index in [1.165, 1.54) is 12.1 Å². The number of nitrogens with one attached hydrogen (secondary N) is 1. The van der Waals surface area contributed by atoms with Crippen LogP contribution in [0.2, 0.25) is 0 Å². The van der Waals surface area contributed by atoms with Crippen molar-refractivity contribution in [3.63, 3.8) is 0 Å². The first-order valence-corrected chi connectivity index (χ1v) is 5.87. The lowest BCUT2D eigenvalue weighted by atomic mass is 9.97. The molecule has 0 aliphatic rings. The molecule has 1 unspecified atom stereocenters. The number of nitrogens with zero attached hydrogens (tertiary/aromatic N) is 2. The summed E-state index contributed by atoms with van der Waals surface area (Å²) in [6.45, 7) is 3.70. The quantitative estimate of drug-likeness (QED) is 0.658. The molecule has 2 rings (SSSR count). The van der Waals surface area contributed by atoms with E-state index in [1.54, 1.807) is 11.7 Å². The molecule has 0 spiro atoms. The van der Waals surface area contributed by atoms with Crippen LogP contribution >= 0.6 is 0 Å². The van der Waals surface area contributed by atoms with Gasteiger partial charge in [-0.25, -0.2) is 14.2 Å². The molecule has 4 nitrogen and oxygen atoms in total. The van der Waals surface area contributed by atoms with Crippen LogP contribution in [-0.2, 0) is 7.05 Å². The van der Waals surface area contributed by atoms with Crippen LogP contribution in [0.3, 0.4) is 0 Å². The maximum absolute atomic E-state index is 13.9. The number of halogens is 2. The Morgan fingerprint density at radius 1 is 1.32 bits per heavy atom. The number of hydrogen-bond acceptors (Lipinski definition) is 3. The molecule has 102 valence electrons. The van der Waals surface area contributed by atoms with Crippen molar-refractivity contribution in [2.24, 2.45) is 12.9 Å². The van der Waals surface area contributed by atoms with Crippen LogP contribution in [0, 0.1) is 25.5 Å². The third-order valence-corrected chi connectivity index (χ3v) is 3.29. The molecule has 0 saturated heterocycles. The second-order valence-corrected chi connectivity index (χ2v) is 4.47.